The van der Waals surface area contributed by atoms with Crippen molar-refractivity contribution in [2.24, 2.45) is 7.05 Å². The first-order valence-electron chi connectivity index (χ1n) is 6.02. The molecule has 1 amide bonds. The number of aromatic amines is 1. The number of H-pyrrole nitrogens is 1. The molecule has 0 aliphatic carbocycles. The zero-order chi connectivity index (χ0) is 13.5. The van der Waals surface area contributed by atoms with E-state index in [0.717, 1.165) is 5.69 Å². The first kappa shape index (κ1) is 12.7. The minimum absolute atomic E-state index is 0.0711. The van der Waals surface area contributed by atoms with Crippen molar-refractivity contribution in [1.82, 2.24) is 14.7 Å². The third kappa shape index (κ3) is 2.42. The van der Waals surface area contributed by atoms with E-state index in [4.69, 9.17) is 4.74 Å². The molecule has 1 aliphatic rings. The Morgan fingerprint density at radius 1 is 1.39 bits per heavy atom. The van der Waals surface area contributed by atoms with Gasteiger partial charge in [-0.25, -0.2) is 4.79 Å². The molecule has 6 nitrogen and oxygen atoms in total. The molecule has 0 radical (unpaired) electrons. The summed E-state index contributed by atoms with van der Waals surface area (Å²) in [5, 5.41) is 3.00. The molecule has 0 aromatic carbocycles. The van der Waals surface area contributed by atoms with Gasteiger partial charge in [-0.1, -0.05) is 0 Å². The molecule has 2 heterocycles. The lowest BCUT2D eigenvalue weighted by Crippen LogP contribution is -2.40. The van der Waals surface area contributed by atoms with Crippen LogP contribution in [0, 0.1) is 0 Å². The van der Waals surface area contributed by atoms with Crippen LogP contribution in [-0.2, 0) is 24.8 Å². The number of amides is 1. The van der Waals surface area contributed by atoms with E-state index in [1.807, 2.05) is 20.8 Å². The fourth-order valence-corrected chi connectivity index (χ4v) is 2.02. The molecule has 0 saturated carbocycles. The van der Waals surface area contributed by atoms with Crippen LogP contribution in [0.1, 0.15) is 32.0 Å². The average molecular weight is 253 g/mol. The van der Waals surface area contributed by atoms with Crippen molar-refractivity contribution in [3.63, 3.8) is 0 Å². The molecular formula is C12H19N3O3. The topological polar surface area (TPSA) is 67.3 Å². The van der Waals surface area contributed by atoms with Crippen LogP contribution < -0.4 is 5.56 Å². The second-order valence-corrected chi connectivity index (χ2v) is 5.58. The van der Waals surface area contributed by atoms with Crippen molar-refractivity contribution >= 4 is 6.09 Å². The predicted molar refractivity (Wildman–Crippen MR) is 66.4 cm³/mol. The summed E-state index contributed by atoms with van der Waals surface area (Å²) in [5.74, 6) is 0. The number of aryl methyl sites for hydroxylation is 1. The minimum Gasteiger partial charge on any atom is -0.444 e. The van der Waals surface area contributed by atoms with Gasteiger partial charge in [0.15, 0.2) is 0 Å². The Bertz CT molecular complexity index is 522. The summed E-state index contributed by atoms with van der Waals surface area (Å²) >= 11 is 0. The average Bonchev–Trinajstić information content (AvgIpc) is 2.52. The number of carbonyl (C=O) groups excluding carboxylic acids is 1. The summed E-state index contributed by atoms with van der Waals surface area (Å²) < 4.78 is 6.75. The lowest BCUT2D eigenvalue weighted by atomic mass is 10.1. The Balaban J connectivity index is 2.15. The summed E-state index contributed by atoms with van der Waals surface area (Å²) in [6, 6.07) is 0. The fraction of sp³-hybridized carbons (Fsp3) is 0.667. The molecule has 1 aromatic heterocycles. The van der Waals surface area contributed by atoms with Crippen molar-refractivity contribution < 1.29 is 9.53 Å². The third-order valence-electron chi connectivity index (χ3n) is 2.86. The molecule has 0 unspecified atom stereocenters. The molecule has 0 fully saturated rings. The van der Waals surface area contributed by atoms with Crippen LogP contribution in [0.3, 0.4) is 0 Å². The quantitative estimate of drug-likeness (QED) is 0.750. The number of hydrogen-bond donors (Lipinski definition) is 1. The van der Waals surface area contributed by atoms with E-state index in [9.17, 15) is 9.59 Å². The van der Waals surface area contributed by atoms with Gasteiger partial charge >= 0.3 is 6.09 Å². The standard InChI is InChI=1S/C12H19N3O3/c1-12(2,3)18-11(17)15-6-5-9-8(7-15)10(16)14(4)13-9/h13H,5-7H2,1-4H3. The number of ether oxygens (including phenoxy) is 1. The summed E-state index contributed by atoms with van der Waals surface area (Å²) in [7, 11) is 1.68. The van der Waals surface area contributed by atoms with Gasteiger partial charge in [0.1, 0.15) is 5.60 Å². The van der Waals surface area contributed by atoms with Crippen LogP contribution in [-0.4, -0.2) is 32.9 Å². The van der Waals surface area contributed by atoms with E-state index >= 15 is 0 Å². The molecule has 1 aromatic rings. The molecule has 0 spiro atoms. The van der Waals surface area contributed by atoms with Crippen LogP contribution in [0.5, 0.6) is 0 Å². The molecule has 0 saturated heterocycles. The Morgan fingerprint density at radius 3 is 2.67 bits per heavy atom. The second kappa shape index (κ2) is 4.19. The minimum atomic E-state index is -0.513. The van der Waals surface area contributed by atoms with Gasteiger partial charge in [0.2, 0.25) is 0 Å². The number of fused-ring (bicyclic) bond motifs is 1. The maximum atomic E-state index is 11.9. The number of rotatable bonds is 0. The van der Waals surface area contributed by atoms with Crippen molar-refractivity contribution in [2.45, 2.75) is 39.3 Å². The summed E-state index contributed by atoms with van der Waals surface area (Å²) in [5.41, 5.74) is 0.996. The Labute approximate surface area is 106 Å². The molecule has 2 rings (SSSR count). The maximum Gasteiger partial charge on any atom is 0.410 e. The predicted octanol–water partition coefficient (Wildman–Crippen LogP) is 1.01. The highest BCUT2D eigenvalue weighted by atomic mass is 16.6. The Hall–Kier alpha value is -1.72. The highest BCUT2D eigenvalue weighted by Crippen LogP contribution is 2.17. The van der Waals surface area contributed by atoms with E-state index in [-0.39, 0.29) is 11.7 Å². The van der Waals surface area contributed by atoms with E-state index in [1.54, 1.807) is 11.9 Å². The van der Waals surface area contributed by atoms with Gasteiger partial charge in [0, 0.05) is 25.7 Å². The zero-order valence-electron chi connectivity index (χ0n) is 11.2. The fourth-order valence-electron chi connectivity index (χ4n) is 2.02. The Kier molecular flexibility index (Phi) is 2.96. The number of hydrogen-bond acceptors (Lipinski definition) is 3. The summed E-state index contributed by atoms with van der Waals surface area (Å²) in [4.78, 5) is 25.3. The van der Waals surface area contributed by atoms with Crippen molar-refractivity contribution in [3.8, 4) is 0 Å². The van der Waals surface area contributed by atoms with E-state index in [0.29, 0.717) is 25.1 Å². The van der Waals surface area contributed by atoms with Gasteiger partial charge in [-0.3, -0.25) is 14.6 Å². The first-order valence-corrected chi connectivity index (χ1v) is 6.02. The van der Waals surface area contributed by atoms with Crippen LogP contribution >= 0.6 is 0 Å². The van der Waals surface area contributed by atoms with Crippen LogP contribution in [0.4, 0.5) is 4.79 Å². The lowest BCUT2D eigenvalue weighted by Gasteiger charge is -2.29. The third-order valence-corrected chi connectivity index (χ3v) is 2.86. The van der Waals surface area contributed by atoms with Gasteiger partial charge in [-0.05, 0) is 20.8 Å². The largest absolute Gasteiger partial charge is 0.444 e. The lowest BCUT2D eigenvalue weighted by molar-refractivity contribution is 0.0223. The SMILES string of the molecule is Cn1[nH]c2c(c1=O)CN(C(=O)OC(C)(C)C)CC2. The zero-order valence-corrected chi connectivity index (χ0v) is 11.2. The van der Waals surface area contributed by atoms with E-state index in [2.05, 4.69) is 5.10 Å². The van der Waals surface area contributed by atoms with Gasteiger partial charge < -0.3 is 9.64 Å². The van der Waals surface area contributed by atoms with E-state index in [1.165, 1.54) is 4.68 Å². The number of nitrogens with one attached hydrogen (secondary N) is 1. The molecular weight excluding hydrogens is 234 g/mol. The summed E-state index contributed by atoms with van der Waals surface area (Å²) in [6.45, 7) is 6.38. The highest BCUT2D eigenvalue weighted by Gasteiger charge is 2.28. The monoisotopic (exact) mass is 253 g/mol. The van der Waals surface area contributed by atoms with Crippen molar-refractivity contribution in [1.29, 1.82) is 0 Å². The number of aromatic nitrogens is 2. The van der Waals surface area contributed by atoms with Crippen LogP contribution in [0.2, 0.25) is 0 Å². The molecule has 1 N–H and O–H groups in total. The van der Waals surface area contributed by atoms with Crippen LogP contribution in [0.15, 0.2) is 4.79 Å². The molecule has 0 atom stereocenters. The van der Waals surface area contributed by atoms with Crippen LogP contribution in [0.25, 0.3) is 0 Å². The van der Waals surface area contributed by atoms with Crippen molar-refractivity contribution in [3.05, 3.63) is 21.6 Å². The van der Waals surface area contributed by atoms with Gasteiger partial charge in [0.05, 0.1) is 12.1 Å². The molecule has 6 heteroatoms. The molecule has 18 heavy (non-hydrogen) atoms. The first-order chi connectivity index (χ1) is 8.28. The van der Waals surface area contributed by atoms with Gasteiger partial charge in [0.25, 0.3) is 5.56 Å². The molecule has 100 valence electrons. The summed E-state index contributed by atoms with van der Waals surface area (Å²) in [6.07, 6.45) is 0.293. The van der Waals surface area contributed by atoms with Gasteiger partial charge in [-0.15, -0.1) is 0 Å². The van der Waals surface area contributed by atoms with E-state index < -0.39 is 5.60 Å². The van der Waals surface area contributed by atoms with Gasteiger partial charge in [-0.2, -0.15) is 0 Å². The highest BCUT2D eigenvalue weighted by molar-refractivity contribution is 5.68. The second-order valence-electron chi connectivity index (χ2n) is 5.58. The molecule has 1 aliphatic heterocycles. The van der Waals surface area contributed by atoms with Crippen molar-refractivity contribution in [2.75, 3.05) is 6.54 Å². The Morgan fingerprint density at radius 2 is 2.06 bits per heavy atom. The number of nitrogens with zero attached hydrogens (tertiary/aromatic N) is 2. The normalized spacial score (nSPS) is 15.4. The maximum absolute atomic E-state index is 11.9. The smallest absolute Gasteiger partial charge is 0.410 e. The number of carbonyl (C=O) groups is 1. The molecule has 0 bridgehead atoms.